The van der Waals surface area contributed by atoms with Gasteiger partial charge in [-0.3, -0.25) is 4.79 Å². The van der Waals surface area contributed by atoms with Crippen LogP contribution in [-0.4, -0.2) is 41.4 Å². The number of carbonyl (C=O) groups is 1. The summed E-state index contributed by atoms with van der Waals surface area (Å²) < 4.78 is 10.2. The van der Waals surface area contributed by atoms with Gasteiger partial charge in [-0.15, -0.1) is 0 Å². The van der Waals surface area contributed by atoms with E-state index in [1.165, 1.54) is 11.7 Å². The lowest BCUT2D eigenvalue weighted by molar-refractivity contribution is -0.134. The summed E-state index contributed by atoms with van der Waals surface area (Å²) in [7, 11) is 1.82. The lowest BCUT2D eigenvalue weighted by Gasteiger charge is -2.21. The van der Waals surface area contributed by atoms with Crippen LogP contribution in [0.3, 0.4) is 0 Å². The molecule has 2 aromatic heterocycles. The van der Waals surface area contributed by atoms with E-state index in [0.717, 1.165) is 28.2 Å². The first kappa shape index (κ1) is 16.5. The van der Waals surface area contributed by atoms with Crippen molar-refractivity contribution in [1.29, 1.82) is 0 Å². The molecule has 0 N–H and O–H groups in total. The first-order valence-electron chi connectivity index (χ1n) is 7.78. The number of fused-ring (bicyclic) bond motifs is 1. The Balaban J connectivity index is 1.65. The number of carbonyl (C=O) groups excluding carboxylic acids is 1. The van der Waals surface area contributed by atoms with Crippen LogP contribution in [0.15, 0.2) is 18.2 Å². The zero-order chi connectivity index (χ0) is 17.3. The van der Waals surface area contributed by atoms with Crippen LogP contribution < -0.4 is 0 Å². The van der Waals surface area contributed by atoms with Crippen LogP contribution in [0.2, 0.25) is 0 Å². The predicted octanol–water partition coefficient (Wildman–Crippen LogP) is 2.19. The lowest BCUT2D eigenvalue weighted by atomic mass is 10.1. The van der Waals surface area contributed by atoms with Crippen molar-refractivity contribution in [3.63, 3.8) is 0 Å². The molecule has 0 aliphatic rings. The summed E-state index contributed by atoms with van der Waals surface area (Å²) >= 11 is 1.20. The Morgan fingerprint density at radius 2 is 2.04 bits per heavy atom. The van der Waals surface area contributed by atoms with Crippen molar-refractivity contribution < 1.29 is 4.79 Å². The Kier molecular flexibility index (Phi) is 4.57. The van der Waals surface area contributed by atoms with Crippen molar-refractivity contribution in [2.45, 2.75) is 33.9 Å². The molecular formula is C16H20N6OS. The van der Waals surface area contributed by atoms with Crippen LogP contribution in [0, 0.1) is 19.8 Å². The average Bonchev–Trinajstić information content (AvgIpc) is 3.12. The van der Waals surface area contributed by atoms with Gasteiger partial charge in [0, 0.05) is 13.6 Å². The van der Waals surface area contributed by atoms with E-state index in [1.807, 2.05) is 46.0 Å². The molecule has 0 radical (unpaired) electrons. The van der Waals surface area contributed by atoms with Crippen LogP contribution in [0.1, 0.15) is 24.1 Å². The zero-order valence-electron chi connectivity index (χ0n) is 14.2. The maximum absolute atomic E-state index is 12.6. The maximum atomic E-state index is 12.6. The molecule has 3 aromatic rings. The first-order valence-corrected chi connectivity index (χ1v) is 8.51. The van der Waals surface area contributed by atoms with Gasteiger partial charge < -0.3 is 4.90 Å². The molecule has 1 atom stereocenters. The van der Waals surface area contributed by atoms with Crippen LogP contribution in [0.5, 0.6) is 0 Å². The Morgan fingerprint density at radius 1 is 1.29 bits per heavy atom. The molecular weight excluding hydrogens is 324 g/mol. The highest BCUT2D eigenvalue weighted by molar-refractivity contribution is 7.00. The summed E-state index contributed by atoms with van der Waals surface area (Å²) in [4.78, 5) is 18.6. The van der Waals surface area contributed by atoms with Crippen LogP contribution in [-0.2, 0) is 17.9 Å². The molecule has 2 heterocycles. The van der Waals surface area contributed by atoms with Gasteiger partial charge in [-0.25, -0.2) is 9.67 Å². The van der Waals surface area contributed by atoms with Crippen LogP contribution in [0.25, 0.3) is 11.0 Å². The highest BCUT2D eigenvalue weighted by atomic mass is 32.1. The third kappa shape index (κ3) is 3.43. The molecule has 0 bridgehead atoms. The van der Waals surface area contributed by atoms with Gasteiger partial charge in [0.1, 0.15) is 22.7 Å². The standard InChI is InChI=1S/C16H20N6OS/c1-10(8-22-12(3)17-11(2)18-22)16(23)21(4)9-13-5-6-14-15(7-13)20-24-19-14/h5-7,10H,8-9H2,1-4H3. The molecule has 1 unspecified atom stereocenters. The van der Waals surface area contributed by atoms with E-state index in [0.29, 0.717) is 13.1 Å². The van der Waals surface area contributed by atoms with Crippen molar-refractivity contribution in [3.05, 3.63) is 35.4 Å². The van der Waals surface area contributed by atoms with Gasteiger partial charge in [-0.05, 0) is 31.5 Å². The number of aryl methyl sites for hydroxylation is 2. The number of rotatable bonds is 5. The van der Waals surface area contributed by atoms with E-state index >= 15 is 0 Å². The molecule has 126 valence electrons. The summed E-state index contributed by atoms with van der Waals surface area (Å²) in [5.41, 5.74) is 2.81. The van der Waals surface area contributed by atoms with Gasteiger partial charge in [0.05, 0.1) is 24.2 Å². The van der Waals surface area contributed by atoms with Crippen molar-refractivity contribution in [2.75, 3.05) is 7.05 Å². The van der Waals surface area contributed by atoms with Crippen molar-refractivity contribution in [1.82, 2.24) is 28.4 Å². The number of hydrogen-bond acceptors (Lipinski definition) is 6. The fourth-order valence-electron chi connectivity index (χ4n) is 2.73. The number of benzene rings is 1. The third-order valence-electron chi connectivity index (χ3n) is 3.95. The van der Waals surface area contributed by atoms with Gasteiger partial charge in [0.2, 0.25) is 5.91 Å². The average molecular weight is 344 g/mol. The predicted molar refractivity (Wildman–Crippen MR) is 92.5 cm³/mol. The molecule has 0 saturated carbocycles. The van der Waals surface area contributed by atoms with E-state index in [1.54, 1.807) is 9.58 Å². The highest BCUT2D eigenvalue weighted by Gasteiger charge is 2.20. The number of amides is 1. The molecule has 0 aliphatic heterocycles. The SMILES string of the molecule is Cc1nc(C)n(CC(C)C(=O)N(C)Cc2ccc3nsnc3c2)n1. The number of aromatic nitrogens is 5. The summed E-state index contributed by atoms with van der Waals surface area (Å²) in [6.45, 7) is 6.75. The monoisotopic (exact) mass is 344 g/mol. The van der Waals surface area contributed by atoms with E-state index in [4.69, 9.17) is 0 Å². The second kappa shape index (κ2) is 6.64. The molecule has 1 amide bonds. The maximum Gasteiger partial charge on any atom is 0.227 e. The first-order chi connectivity index (χ1) is 11.4. The van der Waals surface area contributed by atoms with Gasteiger partial charge >= 0.3 is 0 Å². The lowest BCUT2D eigenvalue weighted by Crippen LogP contribution is -2.33. The minimum atomic E-state index is -0.167. The van der Waals surface area contributed by atoms with E-state index in [9.17, 15) is 4.79 Å². The minimum Gasteiger partial charge on any atom is -0.341 e. The summed E-state index contributed by atoms with van der Waals surface area (Å²) in [6, 6.07) is 5.92. The summed E-state index contributed by atoms with van der Waals surface area (Å²) in [6.07, 6.45) is 0. The molecule has 7 nitrogen and oxygen atoms in total. The van der Waals surface area contributed by atoms with Crippen LogP contribution in [0.4, 0.5) is 0 Å². The third-order valence-corrected chi connectivity index (χ3v) is 4.50. The molecule has 0 aliphatic carbocycles. The molecule has 1 aromatic carbocycles. The van der Waals surface area contributed by atoms with E-state index in [-0.39, 0.29) is 11.8 Å². The largest absolute Gasteiger partial charge is 0.341 e. The highest BCUT2D eigenvalue weighted by Crippen LogP contribution is 2.16. The quantitative estimate of drug-likeness (QED) is 0.709. The van der Waals surface area contributed by atoms with Gasteiger partial charge in [-0.2, -0.15) is 13.8 Å². The molecule has 24 heavy (non-hydrogen) atoms. The van der Waals surface area contributed by atoms with Gasteiger partial charge in [0.25, 0.3) is 0 Å². The number of hydrogen-bond donors (Lipinski definition) is 0. The van der Waals surface area contributed by atoms with E-state index in [2.05, 4.69) is 18.8 Å². The zero-order valence-corrected chi connectivity index (χ0v) is 15.0. The Labute approximate surface area is 144 Å². The van der Waals surface area contributed by atoms with Crippen molar-refractivity contribution >= 4 is 28.7 Å². The Hall–Kier alpha value is -2.35. The van der Waals surface area contributed by atoms with Crippen molar-refractivity contribution in [3.8, 4) is 0 Å². The molecule has 0 fully saturated rings. The van der Waals surface area contributed by atoms with Crippen molar-refractivity contribution in [2.24, 2.45) is 5.92 Å². The molecule has 0 saturated heterocycles. The number of nitrogens with zero attached hydrogens (tertiary/aromatic N) is 6. The fourth-order valence-corrected chi connectivity index (χ4v) is 3.24. The van der Waals surface area contributed by atoms with Crippen LogP contribution >= 0.6 is 11.7 Å². The Bertz CT molecular complexity index is 870. The molecule has 8 heteroatoms. The topological polar surface area (TPSA) is 76.8 Å². The van der Waals surface area contributed by atoms with Gasteiger partial charge in [0.15, 0.2) is 0 Å². The van der Waals surface area contributed by atoms with E-state index < -0.39 is 0 Å². The fraction of sp³-hybridized carbons (Fsp3) is 0.438. The Morgan fingerprint density at radius 3 is 2.75 bits per heavy atom. The van der Waals surface area contributed by atoms with Gasteiger partial charge in [-0.1, -0.05) is 13.0 Å². The molecule has 3 rings (SSSR count). The smallest absolute Gasteiger partial charge is 0.227 e. The summed E-state index contributed by atoms with van der Waals surface area (Å²) in [5.74, 6) is 1.47. The summed E-state index contributed by atoms with van der Waals surface area (Å²) in [5, 5.41) is 4.32. The minimum absolute atomic E-state index is 0.0825. The second-order valence-corrected chi connectivity index (χ2v) is 6.60. The normalized spacial score (nSPS) is 12.5. The molecule has 0 spiro atoms. The second-order valence-electron chi connectivity index (χ2n) is 6.07.